The van der Waals surface area contributed by atoms with Gasteiger partial charge in [0.2, 0.25) is 0 Å². The van der Waals surface area contributed by atoms with Gasteiger partial charge in [-0.05, 0) is 0 Å². The first kappa shape index (κ1) is 11.4. The van der Waals surface area contributed by atoms with E-state index in [-0.39, 0.29) is 0 Å². The van der Waals surface area contributed by atoms with E-state index in [2.05, 4.69) is 22.6 Å². The van der Waals surface area contributed by atoms with E-state index in [0.717, 1.165) is 11.5 Å². The fourth-order valence-corrected chi connectivity index (χ4v) is 7.24. The molecule has 0 amide bonds. The predicted molar refractivity (Wildman–Crippen MR) is 81.1 cm³/mol. The summed E-state index contributed by atoms with van der Waals surface area (Å²) < 4.78 is 23.6. The van der Waals surface area contributed by atoms with Gasteiger partial charge in [-0.25, -0.2) is 0 Å². The summed E-state index contributed by atoms with van der Waals surface area (Å²) in [4.78, 5) is 0. The predicted octanol–water partition coefficient (Wildman–Crippen LogP) is 3.16. The molecule has 0 saturated heterocycles. The quantitative estimate of drug-likeness (QED) is 0.327. The number of halogens is 1. The maximum atomic E-state index is 6.11. The fraction of sp³-hybridized carbons (Fsp3) is 0.0769. The van der Waals surface area contributed by atoms with Gasteiger partial charge in [-0.1, -0.05) is 0 Å². The normalized spacial score (nSPS) is 21.8. The van der Waals surface area contributed by atoms with Gasteiger partial charge >= 0.3 is 124 Å². The number of hydrogen-bond donors (Lipinski definition) is 0. The van der Waals surface area contributed by atoms with Crippen LogP contribution in [0.3, 0.4) is 0 Å². The Balaban J connectivity index is 1.83. The van der Waals surface area contributed by atoms with Crippen LogP contribution in [0.1, 0.15) is 0 Å². The summed E-state index contributed by atoms with van der Waals surface area (Å²) >= 11 is 2.23. The molecule has 0 aromatic heterocycles. The maximum absolute atomic E-state index is 6.11. The first-order chi connectivity index (χ1) is 9.22. The molecule has 0 atom stereocenters. The molecule has 0 saturated carbocycles. The van der Waals surface area contributed by atoms with Crippen molar-refractivity contribution in [2.24, 2.45) is 0 Å². The molecule has 0 radical (unpaired) electrons. The Kier molecular flexibility index (Phi) is 2.15. The number of benzene rings is 2. The second kappa shape index (κ2) is 3.57. The Hall–Kier alpha value is -1.41. The molecule has 4 nitrogen and oxygen atoms in total. The zero-order valence-corrected chi connectivity index (χ0v) is 13.0. The van der Waals surface area contributed by atoms with Crippen molar-refractivity contribution in [2.75, 3.05) is 4.05 Å². The van der Waals surface area contributed by atoms with Crippen LogP contribution in [0.4, 0.5) is 0 Å². The summed E-state index contributed by atoms with van der Waals surface area (Å²) in [6.07, 6.45) is 0. The number of para-hydroxylation sites is 4. The molecule has 6 heteroatoms. The van der Waals surface area contributed by atoms with E-state index in [0.29, 0.717) is 15.5 Å². The average molecular weight is 386 g/mol. The zero-order chi connectivity index (χ0) is 12.9. The van der Waals surface area contributed by atoms with Gasteiger partial charge < -0.3 is 0 Å². The number of hydrogen-bond acceptors (Lipinski definition) is 3. The molecule has 2 heterocycles. The summed E-state index contributed by atoms with van der Waals surface area (Å²) in [6.45, 7) is 0. The Bertz CT molecular complexity index is 562. The van der Waals surface area contributed by atoms with Gasteiger partial charge in [-0.15, -0.1) is 0 Å². The summed E-state index contributed by atoms with van der Waals surface area (Å²) in [6, 6.07) is 15.3. The Morgan fingerprint density at radius 3 is 1.95 bits per heavy atom. The van der Waals surface area contributed by atoms with Crippen molar-refractivity contribution in [3.63, 3.8) is 0 Å². The monoisotopic (exact) mass is 386 g/mol. The topological polar surface area (TPSA) is 40.5 Å². The molecule has 4 rings (SSSR count). The van der Waals surface area contributed by atoms with Gasteiger partial charge in [0.15, 0.2) is 0 Å². The van der Waals surface area contributed by atoms with E-state index >= 15 is 0 Å². The molecule has 19 heavy (non-hydrogen) atoms. The van der Waals surface area contributed by atoms with E-state index in [1.807, 2.05) is 48.5 Å². The van der Waals surface area contributed by atoms with Crippen LogP contribution in [0.15, 0.2) is 48.5 Å². The van der Waals surface area contributed by atoms with Gasteiger partial charge in [0.1, 0.15) is 0 Å². The van der Waals surface area contributed by atoms with Crippen molar-refractivity contribution in [1.82, 2.24) is 0 Å². The van der Waals surface area contributed by atoms with Gasteiger partial charge in [-0.3, -0.25) is 0 Å². The second-order valence-corrected chi connectivity index (χ2v) is 10.2. The third-order valence-electron chi connectivity index (χ3n) is 3.21. The number of aromatic hydroxyl groups is 1. The molecule has 0 bridgehead atoms. The van der Waals surface area contributed by atoms with Crippen molar-refractivity contribution in [3.05, 3.63) is 48.5 Å². The molecular formula is C13H11IO4Si. The van der Waals surface area contributed by atoms with Crippen LogP contribution in [0.5, 0.6) is 23.0 Å². The summed E-state index contributed by atoms with van der Waals surface area (Å²) in [5, 5.41) is 0. The van der Waals surface area contributed by atoms with Crippen molar-refractivity contribution < 1.29 is 17.7 Å². The van der Waals surface area contributed by atoms with Crippen LogP contribution in [0.25, 0.3) is 0 Å². The van der Waals surface area contributed by atoms with Crippen LogP contribution in [0, 0.1) is 0 Å². The molecular weight excluding hydrogens is 375 g/mol. The first-order valence-electron chi connectivity index (χ1n) is 5.95. The van der Waals surface area contributed by atoms with E-state index in [9.17, 15) is 0 Å². The molecule has 1 spiro atoms. The molecule has 0 aliphatic carbocycles. The van der Waals surface area contributed by atoms with Crippen LogP contribution in [0.2, 0.25) is 0 Å². The van der Waals surface area contributed by atoms with E-state index < -0.39 is 8.33 Å². The van der Waals surface area contributed by atoms with Crippen LogP contribution < -0.4 is 13.3 Å². The fourth-order valence-electron chi connectivity index (χ4n) is 2.38. The second-order valence-electron chi connectivity index (χ2n) is 4.58. The van der Waals surface area contributed by atoms with E-state index in [1.165, 1.54) is 0 Å². The Labute approximate surface area is 124 Å². The summed E-state index contributed by atoms with van der Waals surface area (Å²) in [5.41, 5.74) is 0. The molecule has 2 aromatic carbocycles. The van der Waals surface area contributed by atoms with Gasteiger partial charge in [0.05, 0.1) is 0 Å². The van der Waals surface area contributed by atoms with Crippen molar-refractivity contribution in [1.29, 1.82) is 0 Å². The summed E-state index contributed by atoms with van der Waals surface area (Å²) in [5.74, 6) is 2.97. The SMILES string of the molecule is IC[Si-]12(Oc3ccccc3O1)Oc1ccccc1[OH+]2. The van der Waals surface area contributed by atoms with Gasteiger partial charge in [-0.2, -0.15) is 0 Å². The third-order valence-corrected chi connectivity index (χ3v) is 10.0. The Morgan fingerprint density at radius 1 is 0.842 bits per heavy atom. The van der Waals surface area contributed by atoms with Crippen LogP contribution in [-0.2, 0) is 0 Å². The number of rotatable bonds is 1. The van der Waals surface area contributed by atoms with Crippen LogP contribution >= 0.6 is 22.6 Å². The van der Waals surface area contributed by atoms with Crippen molar-refractivity contribution in [3.8, 4) is 23.0 Å². The van der Waals surface area contributed by atoms with Crippen molar-refractivity contribution >= 4 is 30.9 Å². The molecule has 2 aliphatic rings. The molecule has 2 aliphatic heterocycles. The minimum atomic E-state index is -3.76. The number of fused-ring (bicyclic) bond motifs is 2. The van der Waals surface area contributed by atoms with E-state index in [1.54, 1.807) is 0 Å². The molecule has 0 unspecified atom stereocenters. The minimum absolute atomic E-state index is 0.571. The number of alkyl halides is 1. The third kappa shape index (κ3) is 1.50. The van der Waals surface area contributed by atoms with Gasteiger partial charge in [0.25, 0.3) is 0 Å². The zero-order valence-electron chi connectivity index (χ0n) is 9.88. The molecule has 0 fully saturated rings. The molecule has 1 N–H and O–H groups in total. The summed E-state index contributed by atoms with van der Waals surface area (Å²) in [7, 11) is -3.76. The average Bonchev–Trinajstić information content (AvgIpc) is 2.94. The van der Waals surface area contributed by atoms with Crippen molar-refractivity contribution in [2.45, 2.75) is 0 Å². The standard InChI is InChI=1S/C13H11IO4Si/c14-9-19(15-10-5-1-2-6-11(10)16-19)17-12-7-3-4-8-13(12)18-19/h1-8,15H,9H2. The molecule has 98 valence electrons. The first-order valence-corrected chi connectivity index (χ1v) is 9.85. The Morgan fingerprint density at radius 2 is 1.37 bits per heavy atom. The van der Waals surface area contributed by atoms with Gasteiger partial charge in [0, 0.05) is 0 Å². The van der Waals surface area contributed by atoms with Crippen LogP contribution in [-0.4, -0.2) is 16.8 Å². The molecule has 2 aromatic rings. The van der Waals surface area contributed by atoms with E-state index in [4.69, 9.17) is 17.7 Å².